The molecule has 0 N–H and O–H groups in total. The molecule has 0 aromatic heterocycles. The summed E-state index contributed by atoms with van der Waals surface area (Å²) in [6.07, 6.45) is 3.52. The van der Waals surface area contributed by atoms with Gasteiger partial charge in [-0.3, -0.25) is 14.5 Å². The van der Waals surface area contributed by atoms with Crippen LogP contribution in [0.2, 0.25) is 0 Å². The van der Waals surface area contributed by atoms with E-state index in [4.69, 9.17) is 4.74 Å². The van der Waals surface area contributed by atoms with Crippen LogP contribution in [0.5, 0.6) is 0 Å². The SMILES string of the molecule is CCOC(=O)[C@@H]1[C@@H](c2ccccc2)[C@@H]2C(=O)CCCC[C@H]2N1Cc1ccccc1. The Kier molecular flexibility index (Phi) is 6.10. The Morgan fingerprint density at radius 2 is 1.69 bits per heavy atom. The molecule has 2 aromatic rings. The van der Waals surface area contributed by atoms with Crippen LogP contribution in [-0.2, 0) is 20.9 Å². The second kappa shape index (κ2) is 8.91. The van der Waals surface area contributed by atoms with Gasteiger partial charge in [-0.25, -0.2) is 0 Å². The molecule has 0 spiro atoms. The molecule has 0 unspecified atom stereocenters. The molecule has 4 nitrogen and oxygen atoms in total. The van der Waals surface area contributed by atoms with Gasteiger partial charge in [0.1, 0.15) is 11.8 Å². The van der Waals surface area contributed by atoms with Crippen molar-refractivity contribution in [3.63, 3.8) is 0 Å². The number of ketones is 1. The maximum Gasteiger partial charge on any atom is 0.324 e. The fourth-order valence-corrected chi connectivity index (χ4v) is 5.22. The van der Waals surface area contributed by atoms with Crippen molar-refractivity contribution in [1.82, 2.24) is 4.90 Å². The van der Waals surface area contributed by atoms with Gasteiger partial charge in [0.2, 0.25) is 0 Å². The minimum atomic E-state index is -0.436. The van der Waals surface area contributed by atoms with Crippen LogP contribution in [0.15, 0.2) is 60.7 Å². The third-order valence-corrected chi connectivity index (χ3v) is 6.39. The van der Waals surface area contributed by atoms with Crippen molar-refractivity contribution in [2.45, 2.75) is 57.2 Å². The second-order valence-corrected chi connectivity index (χ2v) is 8.10. The fourth-order valence-electron chi connectivity index (χ4n) is 5.22. The molecule has 1 saturated heterocycles. The first-order valence-electron chi connectivity index (χ1n) is 10.7. The third-order valence-electron chi connectivity index (χ3n) is 6.39. The van der Waals surface area contributed by atoms with Gasteiger partial charge >= 0.3 is 5.97 Å². The summed E-state index contributed by atoms with van der Waals surface area (Å²) in [4.78, 5) is 28.7. The van der Waals surface area contributed by atoms with Crippen molar-refractivity contribution in [1.29, 1.82) is 0 Å². The zero-order valence-electron chi connectivity index (χ0n) is 17.0. The van der Waals surface area contributed by atoms with Crippen molar-refractivity contribution < 1.29 is 14.3 Å². The maximum atomic E-state index is 13.2. The van der Waals surface area contributed by atoms with Gasteiger partial charge < -0.3 is 4.74 Å². The van der Waals surface area contributed by atoms with Crippen molar-refractivity contribution >= 4 is 11.8 Å². The number of nitrogens with zero attached hydrogens (tertiary/aromatic N) is 1. The van der Waals surface area contributed by atoms with Gasteiger partial charge in [-0.1, -0.05) is 67.1 Å². The summed E-state index contributed by atoms with van der Waals surface area (Å²) < 4.78 is 5.53. The Morgan fingerprint density at radius 3 is 2.38 bits per heavy atom. The van der Waals surface area contributed by atoms with E-state index in [1.807, 2.05) is 43.3 Å². The van der Waals surface area contributed by atoms with Crippen LogP contribution in [0.25, 0.3) is 0 Å². The van der Waals surface area contributed by atoms with Crippen LogP contribution in [-0.4, -0.2) is 35.3 Å². The Labute approximate surface area is 172 Å². The minimum Gasteiger partial charge on any atom is -0.465 e. The van der Waals surface area contributed by atoms with Gasteiger partial charge in [-0.2, -0.15) is 0 Å². The third kappa shape index (κ3) is 3.99. The topological polar surface area (TPSA) is 46.6 Å². The fraction of sp³-hybridized carbons (Fsp3) is 0.440. The van der Waals surface area contributed by atoms with Crippen molar-refractivity contribution in [2.24, 2.45) is 5.92 Å². The molecule has 152 valence electrons. The first-order chi connectivity index (χ1) is 14.2. The summed E-state index contributed by atoms with van der Waals surface area (Å²) in [6.45, 7) is 2.84. The van der Waals surface area contributed by atoms with E-state index in [9.17, 15) is 9.59 Å². The smallest absolute Gasteiger partial charge is 0.324 e. The second-order valence-electron chi connectivity index (χ2n) is 8.10. The molecule has 0 radical (unpaired) electrons. The zero-order chi connectivity index (χ0) is 20.2. The Bertz CT molecular complexity index is 836. The molecule has 1 aliphatic heterocycles. The molecule has 4 atom stereocenters. The van der Waals surface area contributed by atoms with Gasteiger partial charge in [-0.05, 0) is 30.9 Å². The summed E-state index contributed by atoms with van der Waals surface area (Å²) in [5.74, 6) is -0.225. The predicted octanol–water partition coefficient (Wildman–Crippen LogP) is 4.35. The molecule has 2 fully saturated rings. The van der Waals surface area contributed by atoms with Crippen LogP contribution >= 0.6 is 0 Å². The standard InChI is InChI=1S/C25H29NO3/c1-2-29-25(28)24-22(19-13-7-4-8-14-19)23-20(15-9-10-16-21(23)27)26(24)17-18-11-5-3-6-12-18/h3-8,11-14,20,22-24H,2,9-10,15-17H2,1H3/t20-,22+,23+,24+/m1/s1. The molecule has 1 aliphatic carbocycles. The molecular weight excluding hydrogens is 362 g/mol. The summed E-state index contributed by atoms with van der Waals surface area (Å²) >= 11 is 0. The number of esters is 1. The number of hydrogen-bond acceptors (Lipinski definition) is 4. The number of likely N-dealkylation sites (tertiary alicyclic amines) is 1. The van der Waals surface area contributed by atoms with Gasteiger partial charge in [0.15, 0.2) is 0 Å². The maximum absolute atomic E-state index is 13.2. The van der Waals surface area contributed by atoms with Gasteiger partial charge in [0.05, 0.1) is 6.61 Å². The lowest BCUT2D eigenvalue weighted by Gasteiger charge is -2.30. The minimum absolute atomic E-state index is 0.0739. The molecule has 0 bridgehead atoms. The monoisotopic (exact) mass is 391 g/mol. The largest absolute Gasteiger partial charge is 0.465 e. The highest BCUT2D eigenvalue weighted by Crippen LogP contribution is 2.47. The first kappa shape index (κ1) is 19.8. The van der Waals surface area contributed by atoms with E-state index >= 15 is 0 Å². The van der Waals surface area contributed by atoms with E-state index in [0.29, 0.717) is 25.4 Å². The highest BCUT2D eigenvalue weighted by Gasteiger charge is 2.55. The number of rotatable bonds is 5. The number of ether oxygens (including phenoxy) is 1. The average molecular weight is 392 g/mol. The van der Waals surface area contributed by atoms with Gasteiger partial charge in [0.25, 0.3) is 0 Å². The van der Waals surface area contributed by atoms with E-state index in [-0.39, 0.29) is 23.8 Å². The number of hydrogen-bond donors (Lipinski definition) is 0. The molecular formula is C25H29NO3. The number of fused-ring (bicyclic) bond motifs is 1. The number of carbonyl (C=O) groups is 2. The quantitative estimate of drug-likeness (QED) is 0.711. The van der Waals surface area contributed by atoms with E-state index in [2.05, 4.69) is 29.2 Å². The van der Waals surface area contributed by atoms with Gasteiger partial charge in [-0.15, -0.1) is 0 Å². The Morgan fingerprint density at radius 1 is 1.00 bits per heavy atom. The van der Waals surface area contributed by atoms with E-state index in [1.54, 1.807) is 0 Å². The summed E-state index contributed by atoms with van der Waals surface area (Å²) in [5.41, 5.74) is 2.22. The van der Waals surface area contributed by atoms with Crippen LogP contribution in [0, 0.1) is 5.92 Å². The highest BCUT2D eigenvalue weighted by molar-refractivity contribution is 5.87. The molecule has 1 heterocycles. The number of Topliss-reactive ketones (excluding diaryl/α,β-unsaturated/α-hetero) is 1. The molecule has 1 saturated carbocycles. The molecule has 4 heteroatoms. The normalized spacial score (nSPS) is 27.3. The predicted molar refractivity (Wildman–Crippen MR) is 112 cm³/mol. The summed E-state index contributed by atoms with van der Waals surface area (Å²) in [6, 6.07) is 19.9. The van der Waals surface area contributed by atoms with Crippen LogP contribution in [0.3, 0.4) is 0 Å². The Hall–Kier alpha value is -2.46. The van der Waals surface area contributed by atoms with Crippen LogP contribution < -0.4 is 0 Å². The van der Waals surface area contributed by atoms with Gasteiger partial charge in [0, 0.05) is 30.8 Å². The molecule has 2 aromatic carbocycles. The number of carbonyl (C=O) groups excluding carboxylic acids is 2. The van der Waals surface area contributed by atoms with Crippen LogP contribution in [0.4, 0.5) is 0 Å². The lowest BCUT2D eigenvalue weighted by atomic mass is 9.79. The van der Waals surface area contributed by atoms with Crippen LogP contribution in [0.1, 0.15) is 49.7 Å². The molecule has 0 amide bonds. The van der Waals surface area contributed by atoms with Crippen molar-refractivity contribution in [3.05, 3.63) is 71.8 Å². The van der Waals surface area contributed by atoms with E-state index in [0.717, 1.165) is 30.4 Å². The Balaban J connectivity index is 1.79. The molecule has 2 aliphatic rings. The summed E-state index contributed by atoms with van der Waals surface area (Å²) in [5, 5.41) is 0. The average Bonchev–Trinajstić information content (AvgIpc) is 2.94. The van der Waals surface area contributed by atoms with Crippen molar-refractivity contribution in [2.75, 3.05) is 6.61 Å². The summed E-state index contributed by atoms with van der Waals surface area (Å²) in [7, 11) is 0. The van der Waals surface area contributed by atoms with Crippen molar-refractivity contribution in [3.8, 4) is 0 Å². The first-order valence-corrected chi connectivity index (χ1v) is 10.7. The lowest BCUT2D eigenvalue weighted by molar-refractivity contribution is -0.149. The van der Waals surface area contributed by atoms with E-state index in [1.165, 1.54) is 0 Å². The lowest BCUT2D eigenvalue weighted by Crippen LogP contribution is -2.43. The number of benzene rings is 2. The molecule has 4 rings (SSSR count). The zero-order valence-corrected chi connectivity index (χ0v) is 17.0. The molecule has 29 heavy (non-hydrogen) atoms. The van der Waals surface area contributed by atoms with E-state index < -0.39 is 6.04 Å². The highest BCUT2D eigenvalue weighted by atomic mass is 16.5.